The minimum absolute atomic E-state index is 0.0255. The molecule has 9 nitrogen and oxygen atoms in total. The lowest BCUT2D eigenvalue weighted by Gasteiger charge is -2.27. The van der Waals surface area contributed by atoms with Crippen LogP contribution in [0.4, 0.5) is 20.3 Å². The molecule has 0 aliphatic carbocycles. The molecular formula is C32H28F2N6O3S. The van der Waals surface area contributed by atoms with E-state index in [-0.39, 0.29) is 22.4 Å². The van der Waals surface area contributed by atoms with Crippen molar-refractivity contribution >= 4 is 39.3 Å². The maximum Gasteiger partial charge on any atom is 0.253 e. The topological polar surface area (TPSA) is 122 Å². The van der Waals surface area contributed by atoms with E-state index in [1.807, 2.05) is 47.4 Å². The number of nitrogens with one attached hydrogen (secondary N) is 2. The molecule has 3 aromatic carbocycles. The maximum atomic E-state index is 14.3. The fourth-order valence-electron chi connectivity index (χ4n) is 5.10. The number of anilines is 2. The van der Waals surface area contributed by atoms with Crippen molar-refractivity contribution < 1.29 is 22.5 Å². The van der Waals surface area contributed by atoms with Crippen LogP contribution < -0.4 is 20.5 Å². The quantitative estimate of drug-likeness (QED) is 0.236. The second kappa shape index (κ2) is 12.3. The van der Waals surface area contributed by atoms with Crippen LogP contribution in [-0.4, -0.2) is 58.3 Å². The van der Waals surface area contributed by atoms with Gasteiger partial charge in [-0.3, -0.25) is 9.52 Å². The van der Waals surface area contributed by atoms with E-state index in [1.54, 1.807) is 18.3 Å². The highest BCUT2D eigenvalue weighted by atomic mass is 32.2. The van der Waals surface area contributed by atoms with E-state index < -0.39 is 22.6 Å². The molecule has 0 saturated carbocycles. The van der Waals surface area contributed by atoms with Crippen LogP contribution in [0.15, 0.2) is 83.9 Å². The first-order valence-corrected chi connectivity index (χ1v) is 14.9. The molecule has 12 heteroatoms. The summed E-state index contributed by atoms with van der Waals surface area (Å²) in [4.78, 5) is 23.7. The van der Waals surface area contributed by atoms with Gasteiger partial charge in [-0.05, 0) is 59.7 Å². The number of carbonyl (C=O) groups is 1. The molecule has 0 spiro atoms. The van der Waals surface area contributed by atoms with Crippen LogP contribution in [0, 0.1) is 11.6 Å². The molecule has 1 amide bonds. The van der Waals surface area contributed by atoms with Gasteiger partial charge in [0.25, 0.3) is 5.91 Å². The Morgan fingerprint density at radius 1 is 1.00 bits per heavy atom. The third-order valence-electron chi connectivity index (χ3n) is 7.34. The predicted octanol–water partition coefficient (Wildman–Crippen LogP) is 5.01. The number of hydrogen-bond donors (Lipinski definition) is 3. The molecule has 1 atom stereocenters. The number of benzene rings is 3. The summed E-state index contributed by atoms with van der Waals surface area (Å²) in [6.07, 6.45) is 1.60. The van der Waals surface area contributed by atoms with Crippen molar-refractivity contribution in [2.24, 2.45) is 0 Å². The number of pyridine rings is 2. The lowest BCUT2D eigenvalue weighted by molar-refractivity contribution is 0.0736. The summed E-state index contributed by atoms with van der Waals surface area (Å²) >= 11 is 0. The minimum Gasteiger partial charge on any atom is -0.480 e. The number of carbonyl (C=O) groups excluding carboxylic acids is 1. The number of nitrogens with zero attached hydrogens (tertiary/aromatic N) is 3. The fraction of sp³-hybridized carbons (Fsp3) is 0.156. The molecule has 1 fully saturated rings. The molecule has 224 valence electrons. The summed E-state index contributed by atoms with van der Waals surface area (Å²) in [5, 5.41) is 4.05. The third kappa shape index (κ3) is 5.94. The van der Waals surface area contributed by atoms with Gasteiger partial charge >= 0.3 is 0 Å². The second-order valence-electron chi connectivity index (χ2n) is 10.2. The lowest BCUT2D eigenvalue weighted by atomic mass is 9.99. The summed E-state index contributed by atoms with van der Waals surface area (Å²) in [7, 11) is -0.642. The van der Waals surface area contributed by atoms with Crippen LogP contribution in [0.1, 0.15) is 10.4 Å². The molecule has 0 bridgehead atoms. The van der Waals surface area contributed by atoms with Gasteiger partial charge in [0, 0.05) is 60.5 Å². The van der Waals surface area contributed by atoms with E-state index >= 15 is 0 Å². The number of nitrogen functional groups attached to an aromatic ring is 1. The Balaban J connectivity index is 1.32. The highest BCUT2D eigenvalue weighted by Crippen LogP contribution is 2.34. The Morgan fingerprint density at radius 3 is 2.59 bits per heavy atom. The minimum atomic E-state index is -2.05. The maximum absolute atomic E-state index is 14.3. The molecule has 3 heterocycles. The van der Waals surface area contributed by atoms with Crippen LogP contribution >= 0.6 is 0 Å². The number of ether oxygens (including phenoxy) is 1. The number of aromatic nitrogens is 2. The van der Waals surface area contributed by atoms with Crippen molar-refractivity contribution in [2.75, 3.05) is 43.7 Å². The molecular weight excluding hydrogens is 586 g/mol. The number of methoxy groups -OCH3 is 1. The number of halogens is 2. The number of hydrogen-bond acceptors (Lipinski definition) is 7. The predicted molar refractivity (Wildman–Crippen MR) is 167 cm³/mol. The summed E-state index contributed by atoms with van der Waals surface area (Å²) in [5.41, 5.74) is 10.8. The van der Waals surface area contributed by atoms with Gasteiger partial charge in [0.2, 0.25) is 5.88 Å². The van der Waals surface area contributed by atoms with E-state index in [4.69, 9.17) is 10.5 Å². The first kappa shape index (κ1) is 29.1. The summed E-state index contributed by atoms with van der Waals surface area (Å²) in [5.74, 6) is -1.24. The Kier molecular flexibility index (Phi) is 8.18. The van der Waals surface area contributed by atoms with Crippen molar-refractivity contribution in [2.45, 2.75) is 4.90 Å². The number of amides is 1. The van der Waals surface area contributed by atoms with Gasteiger partial charge < -0.3 is 20.7 Å². The van der Waals surface area contributed by atoms with Gasteiger partial charge in [-0.15, -0.1) is 0 Å². The zero-order valence-electron chi connectivity index (χ0n) is 23.6. The third-order valence-corrected chi connectivity index (χ3v) is 8.48. The van der Waals surface area contributed by atoms with Crippen LogP contribution in [0.3, 0.4) is 0 Å². The molecule has 2 aromatic heterocycles. The molecule has 44 heavy (non-hydrogen) atoms. The second-order valence-corrected chi connectivity index (χ2v) is 11.4. The zero-order chi connectivity index (χ0) is 30.8. The van der Waals surface area contributed by atoms with Crippen molar-refractivity contribution in [3.63, 3.8) is 0 Å². The highest BCUT2D eigenvalue weighted by Gasteiger charge is 2.19. The highest BCUT2D eigenvalue weighted by molar-refractivity contribution is 7.86. The van der Waals surface area contributed by atoms with Crippen LogP contribution in [0.5, 0.6) is 5.88 Å². The van der Waals surface area contributed by atoms with Gasteiger partial charge in [0.15, 0.2) is 11.0 Å². The first-order valence-electron chi connectivity index (χ1n) is 13.8. The monoisotopic (exact) mass is 614 g/mol. The summed E-state index contributed by atoms with van der Waals surface area (Å²) in [6.45, 7) is 2.84. The molecule has 6 rings (SSSR count). The van der Waals surface area contributed by atoms with Crippen LogP contribution in [0.2, 0.25) is 0 Å². The van der Waals surface area contributed by atoms with Gasteiger partial charge in [0.05, 0.1) is 17.5 Å². The van der Waals surface area contributed by atoms with Crippen LogP contribution in [-0.2, 0) is 11.0 Å². The van der Waals surface area contributed by atoms with Gasteiger partial charge in [-0.2, -0.15) is 0 Å². The van der Waals surface area contributed by atoms with E-state index in [0.29, 0.717) is 47.2 Å². The smallest absolute Gasteiger partial charge is 0.253 e. The van der Waals surface area contributed by atoms with E-state index in [9.17, 15) is 17.8 Å². The van der Waals surface area contributed by atoms with E-state index in [2.05, 4.69) is 20.0 Å². The Bertz CT molecular complexity index is 1920. The standard InChI is InChI=1S/C32H28F2N6O3S/c1-43-31-28(39-44(42)29-8-6-24(33)17-26(29)34)16-23(18-37-31)19-5-7-27-22(13-19)15-25(30(35)38-27)20-3-2-4-21(14-20)32(41)40-11-9-36-10-12-40/h2-8,13-18,36,39H,9-12H2,1H3,(H2,35,38). The number of nitrogens with two attached hydrogens (primary N) is 1. The number of fused-ring (bicyclic) bond motifs is 1. The number of piperazine rings is 1. The van der Waals surface area contributed by atoms with Gasteiger partial charge in [-0.25, -0.2) is 23.0 Å². The van der Waals surface area contributed by atoms with Crippen molar-refractivity contribution in [3.05, 3.63) is 96.2 Å². The Morgan fingerprint density at radius 2 is 1.82 bits per heavy atom. The zero-order valence-corrected chi connectivity index (χ0v) is 24.5. The van der Waals surface area contributed by atoms with Crippen molar-refractivity contribution in [3.8, 4) is 28.1 Å². The van der Waals surface area contributed by atoms with E-state index in [1.165, 1.54) is 7.11 Å². The molecule has 5 aromatic rings. The van der Waals surface area contributed by atoms with Gasteiger partial charge in [0.1, 0.15) is 23.1 Å². The Labute approximate surface area is 254 Å². The van der Waals surface area contributed by atoms with Gasteiger partial charge in [-0.1, -0.05) is 18.2 Å². The molecule has 4 N–H and O–H groups in total. The molecule has 1 aliphatic heterocycles. The Hall–Kier alpha value is -4.94. The van der Waals surface area contributed by atoms with Crippen molar-refractivity contribution in [1.82, 2.24) is 20.2 Å². The van der Waals surface area contributed by atoms with E-state index in [0.717, 1.165) is 41.7 Å². The molecule has 1 unspecified atom stereocenters. The van der Waals surface area contributed by atoms with Crippen LogP contribution in [0.25, 0.3) is 33.2 Å². The largest absolute Gasteiger partial charge is 0.480 e. The number of rotatable bonds is 7. The lowest BCUT2D eigenvalue weighted by Crippen LogP contribution is -2.46. The average Bonchev–Trinajstić information content (AvgIpc) is 3.04. The molecule has 0 radical (unpaired) electrons. The average molecular weight is 615 g/mol. The molecule has 1 aliphatic rings. The summed E-state index contributed by atoms with van der Waals surface area (Å²) in [6, 6.07) is 19.4. The molecule has 1 saturated heterocycles. The first-order chi connectivity index (χ1) is 21.3. The normalized spacial score (nSPS) is 13.9. The SMILES string of the molecule is COc1ncc(-c2ccc3nc(N)c(-c4cccc(C(=O)N5CCNCC5)c4)cc3c2)cc1NS(=O)c1ccc(F)cc1F. The fourth-order valence-corrected chi connectivity index (χ4v) is 5.98. The van der Waals surface area contributed by atoms with Crippen molar-refractivity contribution in [1.29, 1.82) is 0 Å². The summed E-state index contributed by atoms with van der Waals surface area (Å²) < 4.78 is 48.6.